The van der Waals surface area contributed by atoms with Crippen molar-refractivity contribution in [2.45, 2.75) is 12.5 Å². The van der Waals surface area contributed by atoms with Crippen molar-refractivity contribution < 1.29 is 14.6 Å². The van der Waals surface area contributed by atoms with Crippen LogP contribution in [0.1, 0.15) is 23.6 Å². The van der Waals surface area contributed by atoms with Gasteiger partial charge in [0.25, 0.3) is 0 Å². The highest BCUT2D eigenvalue weighted by Crippen LogP contribution is 2.32. The number of ether oxygens (including phenoxy) is 2. The largest absolute Gasteiger partial charge is 0.508 e. The zero-order valence-corrected chi connectivity index (χ0v) is 12.5. The lowest BCUT2D eigenvalue weighted by Crippen LogP contribution is -2.10. The van der Waals surface area contributed by atoms with Crippen molar-refractivity contribution in [2.75, 3.05) is 14.2 Å². The van der Waals surface area contributed by atoms with Gasteiger partial charge in [-0.15, -0.1) is 0 Å². The number of rotatable bonds is 4. The van der Waals surface area contributed by atoms with Crippen molar-refractivity contribution in [1.82, 2.24) is 5.43 Å². The van der Waals surface area contributed by atoms with Crippen LogP contribution in [-0.2, 0) is 0 Å². The van der Waals surface area contributed by atoms with Crippen LogP contribution in [0.5, 0.6) is 17.2 Å². The minimum absolute atomic E-state index is 0.101. The molecule has 0 radical (unpaired) electrons. The second-order valence-corrected chi connectivity index (χ2v) is 5.11. The number of phenols is 1. The Balaban J connectivity index is 1.78. The Hall–Kier alpha value is -2.69. The number of hydrazone groups is 1. The topological polar surface area (TPSA) is 63.1 Å². The smallest absolute Gasteiger partial charge is 0.161 e. The molecule has 0 aromatic heterocycles. The van der Waals surface area contributed by atoms with Gasteiger partial charge in [0.2, 0.25) is 0 Å². The van der Waals surface area contributed by atoms with Gasteiger partial charge >= 0.3 is 0 Å². The molecule has 1 heterocycles. The van der Waals surface area contributed by atoms with Crippen LogP contribution in [0.4, 0.5) is 0 Å². The minimum Gasteiger partial charge on any atom is -0.508 e. The summed E-state index contributed by atoms with van der Waals surface area (Å²) in [5.74, 6) is 1.68. The van der Waals surface area contributed by atoms with E-state index in [0.717, 1.165) is 23.3 Å². The first-order chi connectivity index (χ1) is 10.7. The van der Waals surface area contributed by atoms with Crippen molar-refractivity contribution in [2.24, 2.45) is 5.10 Å². The molecule has 0 saturated carbocycles. The second kappa shape index (κ2) is 5.97. The van der Waals surface area contributed by atoms with E-state index in [2.05, 4.69) is 10.5 Å². The van der Waals surface area contributed by atoms with Gasteiger partial charge in [-0.05, 0) is 47.5 Å². The lowest BCUT2D eigenvalue weighted by molar-refractivity contribution is 0.354. The highest BCUT2D eigenvalue weighted by molar-refractivity contribution is 6.01. The molecule has 1 aliphatic heterocycles. The van der Waals surface area contributed by atoms with E-state index in [-0.39, 0.29) is 11.8 Å². The number of benzene rings is 2. The summed E-state index contributed by atoms with van der Waals surface area (Å²) in [6.07, 6.45) is 0.778. The van der Waals surface area contributed by atoms with Crippen molar-refractivity contribution in [1.29, 1.82) is 0 Å². The summed E-state index contributed by atoms with van der Waals surface area (Å²) in [6.45, 7) is 0. The van der Waals surface area contributed by atoms with Gasteiger partial charge in [0.05, 0.1) is 26.0 Å². The van der Waals surface area contributed by atoms with Crippen LogP contribution in [0, 0.1) is 0 Å². The van der Waals surface area contributed by atoms with E-state index >= 15 is 0 Å². The standard InChI is InChI=1S/C17H18N2O3/c1-21-16-8-5-12(9-17(16)22-2)15-10-14(18-19-15)11-3-6-13(20)7-4-11/h3-9,15,19-20H,10H2,1-2H3. The monoisotopic (exact) mass is 298 g/mol. The number of nitrogens with one attached hydrogen (secondary N) is 1. The second-order valence-electron chi connectivity index (χ2n) is 5.11. The quantitative estimate of drug-likeness (QED) is 0.911. The van der Waals surface area contributed by atoms with Crippen molar-refractivity contribution in [3.05, 3.63) is 53.6 Å². The molecule has 0 amide bonds. The van der Waals surface area contributed by atoms with Gasteiger partial charge in [0, 0.05) is 6.42 Å². The maximum Gasteiger partial charge on any atom is 0.161 e. The molecule has 1 atom stereocenters. The molecule has 5 heteroatoms. The number of phenolic OH excluding ortho intramolecular Hbond substituents is 1. The van der Waals surface area contributed by atoms with E-state index in [1.54, 1.807) is 26.4 Å². The number of hydrogen-bond acceptors (Lipinski definition) is 5. The maximum absolute atomic E-state index is 9.36. The van der Waals surface area contributed by atoms with Gasteiger partial charge in [-0.25, -0.2) is 0 Å². The molecule has 3 rings (SSSR count). The number of nitrogens with zero attached hydrogens (tertiary/aromatic N) is 1. The van der Waals surface area contributed by atoms with Gasteiger partial charge in [0.1, 0.15) is 5.75 Å². The molecule has 22 heavy (non-hydrogen) atoms. The van der Waals surface area contributed by atoms with E-state index in [1.165, 1.54) is 0 Å². The van der Waals surface area contributed by atoms with E-state index in [9.17, 15) is 5.11 Å². The third kappa shape index (κ3) is 2.70. The molecule has 0 bridgehead atoms. The third-order valence-electron chi connectivity index (χ3n) is 3.76. The summed E-state index contributed by atoms with van der Waals surface area (Å²) in [7, 11) is 3.25. The molecule has 0 aliphatic carbocycles. The van der Waals surface area contributed by atoms with Crippen molar-refractivity contribution in [3.63, 3.8) is 0 Å². The molecule has 0 saturated heterocycles. The molecule has 114 valence electrons. The fraction of sp³-hybridized carbons (Fsp3) is 0.235. The maximum atomic E-state index is 9.36. The Labute approximate surface area is 129 Å². The van der Waals surface area contributed by atoms with Crippen molar-refractivity contribution in [3.8, 4) is 17.2 Å². The Morgan fingerprint density at radius 1 is 1.05 bits per heavy atom. The fourth-order valence-corrected chi connectivity index (χ4v) is 2.54. The van der Waals surface area contributed by atoms with Crippen LogP contribution in [0.15, 0.2) is 47.6 Å². The van der Waals surface area contributed by atoms with Gasteiger partial charge in [0.15, 0.2) is 11.5 Å². The summed E-state index contributed by atoms with van der Waals surface area (Å²) in [5.41, 5.74) is 6.23. The highest BCUT2D eigenvalue weighted by atomic mass is 16.5. The zero-order chi connectivity index (χ0) is 15.5. The van der Waals surface area contributed by atoms with Gasteiger partial charge in [-0.1, -0.05) is 6.07 Å². The molecule has 0 spiro atoms. The molecule has 2 N–H and O–H groups in total. The SMILES string of the molecule is COc1ccc(C2CC(c3ccc(O)cc3)=NN2)cc1OC. The van der Waals surface area contributed by atoms with Crippen LogP contribution < -0.4 is 14.9 Å². The van der Waals surface area contributed by atoms with E-state index < -0.39 is 0 Å². The average Bonchev–Trinajstić information content (AvgIpc) is 3.05. The molecular formula is C17H18N2O3. The molecular weight excluding hydrogens is 280 g/mol. The molecule has 1 aliphatic rings. The Kier molecular flexibility index (Phi) is 3.87. The summed E-state index contributed by atoms with van der Waals surface area (Å²) in [6, 6.07) is 13.0. The van der Waals surface area contributed by atoms with E-state index in [1.807, 2.05) is 30.3 Å². The Morgan fingerprint density at radius 2 is 1.77 bits per heavy atom. The van der Waals surface area contributed by atoms with Gasteiger partial charge in [-0.2, -0.15) is 5.10 Å². The zero-order valence-electron chi connectivity index (χ0n) is 12.5. The summed E-state index contributed by atoms with van der Waals surface area (Å²) in [5, 5.41) is 13.8. The lowest BCUT2D eigenvalue weighted by atomic mass is 9.99. The average molecular weight is 298 g/mol. The summed E-state index contributed by atoms with van der Waals surface area (Å²) >= 11 is 0. The molecule has 0 fully saturated rings. The first-order valence-corrected chi connectivity index (χ1v) is 7.04. The van der Waals surface area contributed by atoms with Gasteiger partial charge in [-0.3, -0.25) is 0 Å². The summed E-state index contributed by atoms with van der Waals surface area (Å²) < 4.78 is 10.6. The minimum atomic E-state index is 0.101. The van der Waals surface area contributed by atoms with Crippen LogP contribution in [0.3, 0.4) is 0 Å². The third-order valence-corrected chi connectivity index (χ3v) is 3.76. The summed E-state index contributed by atoms with van der Waals surface area (Å²) in [4.78, 5) is 0. The van der Waals surface area contributed by atoms with E-state index in [0.29, 0.717) is 11.5 Å². The lowest BCUT2D eigenvalue weighted by Gasteiger charge is -2.14. The predicted octanol–water partition coefficient (Wildman–Crippen LogP) is 2.85. The normalized spacial score (nSPS) is 16.8. The van der Waals surface area contributed by atoms with E-state index in [4.69, 9.17) is 9.47 Å². The number of aromatic hydroxyl groups is 1. The number of methoxy groups -OCH3 is 2. The number of hydrogen-bond donors (Lipinski definition) is 2. The van der Waals surface area contributed by atoms with Crippen LogP contribution in [-0.4, -0.2) is 25.0 Å². The molecule has 2 aromatic carbocycles. The first kappa shape index (κ1) is 14.3. The van der Waals surface area contributed by atoms with Crippen molar-refractivity contribution >= 4 is 5.71 Å². The molecule has 1 unspecified atom stereocenters. The van der Waals surface area contributed by atoms with Crippen LogP contribution >= 0.6 is 0 Å². The van der Waals surface area contributed by atoms with Gasteiger partial charge < -0.3 is 20.0 Å². The Morgan fingerprint density at radius 3 is 2.45 bits per heavy atom. The highest BCUT2D eigenvalue weighted by Gasteiger charge is 2.22. The predicted molar refractivity (Wildman–Crippen MR) is 84.7 cm³/mol. The fourth-order valence-electron chi connectivity index (χ4n) is 2.54. The van der Waals surface area contributed by atoms with Crippen LogP contribution in [0.25, 0.3) is 0 Å². The molecule has 2 aromatic rings. The Bertz CT molecular complexity index is 696. The molecule has 5 nitrogen and oxygen atoms in total. The van der Waals surface area contributed by atoms with Crippen LogP contribution in [0.2, 0.25) is 0 Å². The first-order valence-electron chi connectivity index (χ1n) is 7.04.